The van der Waals surface area contributed by atoms with Crippen LogP contribution in [0.4, 0.5) is 11.4 Å². The number of hydrogen-bond acceptors (Lipinski definition) is 4. The van der Waals surface area contributed by atoms with Crippen molar-refractivity contribution in [1.82, 2.24) is 0 Å². The summed E-state index contributed by atoms with van der Waals surface area (Å²) >= 11 is 0. The van der Waals surface area contributed by atoms with E-state index in [1.54, 1.807) is 19.4 Å². The molecule has 0 spiro atoms. The van der Waals surface area contributed by atoms with E-state index in [0.717, 1.165) is 11.3 Å². The highest BCUT2D eigenvalue weighted by molar-refractivity contribution is 5.70. The highest BCUT2D eigenvalue weighted by Crippen LogP contribution is 2.28. The van der Waals surface area contributed by atoms with Gasteiger partial charge in [0.25, 0.3) is 0 Å². The molecule has 4 N–H and O–H groups in total. The number of anilines is 2. The summed E-state index contributed by atoms with van der Waals surface area (Å²) in [4.78, 5) is 0. The van der Waals surface area contributed by atoms with Crippen molar-refractivity contribution in [2.45, 2.75) is 6.42 Å². The fourth-order valence-corrected chi connectivity index (χ4v) is 1.57. The van der Waals surface area contributed by atoms with E-state index < -0.39 is 0 Å². The van der Waals surface area contributed by atoms with Gasteiger partial charge >= 0.3 is 0 Å². The summed E-state index contributed by atoms with van der Waals surface area (Å²) in [7, 11) is 1.60. The average Bonchev–Trinajstić information content (AvgIpc) is 2.77. The number of ether oxygens (including phenoxy) is 1. The minimum atomic E-state index is 0.529. The van der Waals surface area contributed by atoms with Gasteiger partial charge in [0.2, 0.25) is 0 Å². The number of nitrogens with two attached hydrogens (primary N) is 2. The van der Waals surface area contributed by atoms with Gasteiger partial charge in [0.1, 0.15) is 11.5 Å². The van der Waals surface area contributed by atoms with Crippen molar-refractivity contribution in [3.63, 3.8) is 0 Å². The van der Waals surface area contributed by atoms with Crippen molar-refractivity contribution in [2.75, 3.05) is 18.6 Å². The fraction of sp³-hybridized carbons (Fsp3) is 0.167. The summed E-state index contributed by atoms with van der Waals surface area (Å²) < 4.78 is 10.4. The van der Waals surface area contributed by atoms with E-state index in [4.69, 9.17) is 20.6 Å². The molecule has 2 aromatic rings. The van der Waals surface area contributed by atoms with Crippen molar-refractivity contribution in [3.8, 4) is 5.75 Å². The molecule has 0 unspecified atom stereocenters. The molecule has 0 aliphatic carbocycles. The van der Waals surface area contributed by atoms with Crippen LogP contribution < -0.4 is 16.2 Å². The van der Waals surface area contributed by atoms with E-state index in [2.05, 4.69) is 0 Å². The first-order valence-corrected chi connectivity index (χ1v) is 4.95. The Hall–Kier alpha value is -2.10. The standard InChI is InChI=1S/C12H14N2O2/c1-15-10-6-8(12(14)11(13)7-10)5-9-3-2-4-16-9/h2-4,6-7H,5,13-14H2,1H3. The SMILES string of the molecule is COc1cc(N)c(N)c(Cc2ccco2)c1. The molecule has 0 saturated carbocycles. The Balaban J connectivity index is 2.36. The van der Waals surface area contributed by atoms with E-state index in [-0.39, 0.29) is 0 Å². The van der Waals surface area contributed by atoms with Crippen LogP contribution in [0.15, 0.2) is 34.9 Å². The molecule has 0 aliphatic rings. The largest absolute Gasteiger partial charge is 0.497 e. The molecule has 4 nitrogen and oxygen atoms in total. The van der Waals surface area contributed by atoms with Crippen LogP contribution in [0.3, 0.4) is 0 Å². The third-order valence-electron chi connectivity index (χ3n) is 2.45. The van der Waals surface area contributed by atoms with Crippen LogP contribution in [-0.2, 0) is 6.42 Å². The Bertz CT molecular complexity index is 478. The first kappa shape index (κ1) is 10.4. The Morgan fingerprint density at radius 2 is 2.12 bits per heavy atom. The van der Waals surface area contributed by atoms with Gasteiger partial charge in [-0.2, -0.15) is 0 Å². The first-order chi connectivity index (χ1) is 7.70. The van der Waals surface area contributed by atoms with Crippen LogP contribution in [0, 0.1) is 0 Å². The summed E-state index contributed by atoms with van der Waals surface area (Å²) in [6.07, 6.45) is 2.25. The molecule has 1 aromatic heterocycles. The highest BCUT2D eigenvalue weighted by atomic mass is 16.5. The molecule has 0 amide bonds. The van der Waals surface area contributed by atoms with E-state index in [1.807, 2.05) is 18.2 Å². The van der Waals surface area contributed by atoms with Crippen LogP contribution in [-0.4, -0.2) is 7.11 Å². The van der Waals surface area contributed by atoms with Crippen molar-refractivity contribution < 1.29 is 9.15 Å². The van der Waals surface area contributed by atoms with Crippen molar-refractivity contribution >= 4 is 11.4 Å². The van der Waals surface area contributed by atoms with Gasteiger partial charge in [0.05, 0.1) is 24.7 Å². The Morgan fingerprint density at radius 1 is 1.31 bits per heavy atom. The van der Waals surface area contributed by atoms with Gasteiger partial charge in [-0.05, 0) is 23.8 Å². The molecule has 2 rings (SSSR count). The fourth-order valence-electron chi connectivity index (χ4n) is 1.57. The van der Waals surface area contributed by atoms with Gasteiger partial charge in [0.15, 0.2) is 0 Å². The smallest absolute Gasteiger partial charge is 0.121 e. The lowest BCUT2D eigenvalue weighted by Gasteiger charge is -2.10. The lowest BCUT2D eigenvalue weighted by atomic mass is 10.1. The topological polar surface area (TPSA) is 74.4 Å². The second kappa shape index (κ2) is 4.18. The minimum absolute atomic E-state index is 0.529. The van der Waals surface area contributed by atoms with Crippen molar-refractivity contribution in [2.24, 2.45) is 0 Å². The molecular weight excluding hydrogens is 204 g/mol. The second-order valence-electron chi connectivity index (χ2n) is 3.55. The number of nitrogen functional groups attached to an aromatic ring is 2. The molecule has 0 fully saturated rings. The normalized spacial score (nSPS) is 10.3. The van der Waals surface area contributed by atoms with Crippen LogP contribution in [0.2, 0.25) is 0 Å². The first-order valence-electron chi connectivity index (χ1n) is 4.95. The van der Waals surface area contributed by atoms with Crippen LogP contribution in [0.1, 0.15) is 11.3 Å². The van der Waals surface area contributed by atoms with Crippen molar-refractivity contribution in [1.29, 1.82) is 0 Å². The predicted molar refractivity (Wildman–Crippen MR) is 63.3 cm³/mol. The van der Waals surface area contributed by atoms with E-state index in [1.165, 1.54) is 0 Å². The molecule has 84 valence electrons. The van der Waals surface area contributed by atoms with Crippen LogP contribution >= 0.6 is 0 Å². The molecule has 0 saturated heterocycles. The third-order valence-corrected chi connectivity index (χ3v) is 2.45. The quantitative estimate of drug-likeness (QED) is 0.773. The predicted octanol–water partition coefficient (Wildman–Crippen LogP) is 2.04. The zero-order valence-electron chi connectivity index (χ0n) is 9.07. The lowest BCUT2D eigenvalue weighted by molar-refractivity contribution is 0.414. The molecule has 0 radical (unpaired) electrons. The molecule has 0 bridgehead atoms. The third kappa shape index (κ3) is 1.95. The van der Waals surface area contributed by atoms with Gasteiger partial charge in [-0.3, -0.25) is 0 Å². The van der Waals surface area contributed by atoms with Gasteiger partial charge in [-0.25, -0.2) is 0 Å². The van der Waals surface area contributed by atoms with Crippen LogP contribution in [0.5, 0.6) is 5.75 Å². The van der Waals surface area contributed by atoms with Crippen molar-refractivity contribution in [3.05, 3.63) is 41.9 Å². The summed E-state index contributed by atoms with van der Waals surface area (Å²) in [5, 5.41) is 0. The molecule has 16 heavy (non-hydrogen) atoms. The molecular formula is C12H14N2O2. The lowest BCUT2D eigenvalue weighted by Crippen LogP contribution is -2.01. The number of methoxy groups -OCH3 is 1. The maximum absolute atomic E-state index is 5.90. The maximum Gasteiger partial charge on any atom is 0.121 e. The highest BCUT2D eigenvalue weighted by Gasteiger charge is 2.08. The minimum Gasteiger partial charge on any atom is -0.497 e. The molecule has 1 heterocycles. The zero-order valence-corrected chi connectivity index (χ0v) is 9.07. The summed E-state index contributed by atoms with van der Waals surface area (Å²) in [6, 6.07) is 7.32. The summed E-state index contributed by atoms with van der Waals surface area (Å²) in [5.74, 6) is 1.55. The maximum atomic E-state index is 5.90. The molecule has 1 aromatic carbocycles. The van der Waals surface area contributed by atoms with Gasteiger partial charge in [-0.15, -0.1) is 0 Å². The monoisotopic (exact) mass is 218 g/mol. The summed E-state index contributed by atoms with van der Waals surface area (Å²) in [5.41, 5.74) is 13.7. The second-order valence-corrected chi connectivity index (χ2v) is 3.55. The van der Waals surface area contributed by atoms with Gasteiger partial charge < -0.3 is 20.6 Å². The van der Waals surface area contributed by atoms with Gasteiger partial charge in [0, 0.05) is 12.5 Å². The Labute approximate surface area is 93.8 Å². The van der Waals surface area contributed by atoms with Crippen LogP contribution in [0.25, 0.3) is 0 Å². The Morgan fingerprint density at radius 3 is 2.75 bits per heavy atom. The average molecular weight is 218 g/mol. The van der Waals surface area contributed by atoms with E-state index in [9.17, 15) is 0 Å². The zero-order chi connectivity index (χ0) is 11.5. The number of hydrogen-bond donors (Lipinski definition) is 2. The molecule has 0 aliphatic heterocycles. The van der Waals surface area contributed by atoms with E-state index >= 15 is 0 Å². The number of benzene rings is 1. The number of furan rings is 1. The van der Waals surface area contributed by atoms with E-state index in [0.29, 0.717) is 23.5 Å². The number of rotatable bonds is 3. The molecule has 4 heteroatoms. The summed E-state index contributed by atoms with van der Waals surface area (Å²) in [6.45, 7) is 0. The molecule has 0 atom stereocenters. The Kier molecular flexibility index (Phi) is 2.72. The van der Waals surface area contributed by atoms with Gasteiger partial charge in [-0.1, -0.05) is 0 Å².